The summed E-state index contributed by atoms with van der Waals surface area (Å²) in [6.45, 7) is 2.92. The Morgan fingerprint density at radius 2 is 2.17 bits per heavy atom. The van der Waals surface area contributed by atoms with E-state index in [1.807, 2.05) is 13.0 Å². The number of likely N-dealkylation sites (N-methyl/N-ethyl adjacent to an activating group) is 1. The summed E-state index contributed by atoms with van der Waals surface area (Å²) in [5.41, 5.74) is 6.03. The Morgan fingerprint density at radius 1 is 1.50 bits per heavy atom. The molecule has 1 saturated carbocycles. The average molecular weight is 273 g/mol. The van der Waals surface area contributed by atoms with Gasteiger partial charge in [-0.15, -0.1) is 12.4 Å². The number of nitrogens with two attached hydrogens (primary N) is 1. The summed E-state index contributed by atoms with van der Waals surface area (Å²) in [5, 5.41) is 0. The standard InChI is InChI=1S/C13H17FN2O.ClH/c1-2-16(12(17)13(15)6-7-13)9-10-4-3-5-11(14)8-10;/h3-5,8H,2,6-7,9,15H2,1H3;1H. The molecular formula is C13H18ClFN2O. The first kappa shape index (κ1) is 14.9. The van der Waals surface area contributed by atoms with Gasteiger partial charge in [0.15, 0.2) is 0 Å². The van der Waals surface area contributed by atoms with E-state index >= 15 is 0 Å². The number of nitrogens with zero attached hydrogens (tertiary/aromatic N) is 1. The molecule has 1 aliphatic carbocycles. The number of hydrogen-bond donors (Lipinski definition) is 1. The van der Waals surface area contributed by atoms with Crippen LogP contribution >= 0.6 is 12.4 Å². The Labute approximate surface area is 113 Å². The van der Waals surface area contributed by atoms with Crippen molar-refractivity contribution in [3.8, 4) is 0 Å². The lowest BCUT2D eigenvalue weighted by molar-refractivity contribution is -0.134. The summed E-state index contributed by atoms with van der Waals surface area (Å²) in [6.07, 6.45) is 1.51. The van der Waals surface area contributed by atoms with Gasteiger partial charge < -0.3 is 10.6 Å². The van der Waals surface area contributed by atoms with Crippen LogP contribution < -0.4 is 5.73 Å². The number of halogens is 2. The molecule has 1 aromatic carbocycles. The number of hydrogen-bond acceptors (Lipinski definition) is 2. The highest BCUT2D eigenvalue weighted by Gasteiger charge is 2.47. The van der Waals surface area contributed by atoms with Crippen LogP contribution in [-0.2, 0) is 11.3 Å². The van der Waals surface area contributed by atoms with Crippen molar-refractivity contribution in [2.45, 2.75) is 31.8 Å². The Morgan fingerprint density at radius 3 is 2.67 bits per heavy atom. The van der Waals surface area contributed by atoms with E-state index in [4.69, 9.17) is 5.73 Å². The topological polar surface area (TPSA) is 46.3 Å². The summed E-state index contributed by atoms with van der Waals surface area (Å²) in [4.78, 5) is 13.7. The molecule has 2 rings (SSSR count). The Balaban J connectivity index is 0.00000162. The van der Waals surface area contributed by atoms with Gasteiger partial charge in [-0.2, -0.15) is 0 Å². The molecule has 3 nitrogen and oxygen atoms in total. The van der Waals surface area contributed by atoms with Crippen LogP contribution in [0, 0.1) is 5.82 Å². The van der Waals surface area contributed by atoms with Gasteiger partial charge in [0.2, 0.25) is 5.91 Å². The van der Waals surface area contributed by atoms with Gasteiger partial charge in [0.25, 0.3) is 0 Å². The largest absolute Gasteiger partial charge is 0.337 e. The third-order valence-corrected chi connectivity index (χ3v) is 3.15. The van der Waals surface area contributed by atoms with Gasteiger partial charge in [-0.25, -0.2) is 4.39 Å². The van der Waals surface area contributed by atoms with Crippen molar-refractivity contribution in [2.75, 3.05) is 6.54 Å². The van der Waals surface area contributed by atoms with Crippen molar-refractivity contribution < 1.29 is 9.18 Å². The highest BCUT2D eigenvalue weighted by Crippen LogP contribution is 2.34. The van der Waals surface area contributed by atoms with Crippen LogP contribution in [0.25, 0.3) is 0 Å². The lowest BCUT2D eigenvalue weighted by Gasteiger charge is -2.24. The van der Waals surface area contributed by atoms with Crippen molar-refractivity contribution in [1.29, 1.82) is 0 Å². The third kappa shape index (κ3) is 3.21. The molecule has 2 N–H and O–H groups in total. The molecule has 100 valence electrons. The molecule has 0 unspecified atom stereocenters. The molecule has 1 amide bonds. The molecule has 0 aliphatic heterocycles. The highest BCUT2D eigenvalue weighted by molar-refractivity contribution is 5.89. The minimum Gasteiger partial charge on any atom is -0.337 e. The van der Waals surface area contributed by atoms with Gasteiger partial charge in [-0.05, 0) is 37.5 Å². The van der Waals surface area contributed by atoms with E-state index in [9.17, 15) is 9.18 Å². The maximum atomic E-state index is 13.0. The smallest absolute Gasteiger partial charge is 0.242 e. The predicted octanol–water partition coefficient (Wildman–Crippen LogP) is 2.09. The van der Waals surface area contributed by atoms with Crippen molar-refractivity contribution in [2.24, 2.45) is 5.73 Å². The molecule has 0 atom stereocenters. The molecular weight excluding hydrogens is 255 g/mol. The Kier molecular flexibility index (Phi) is 4.71. The van der Waals surface area contributed by atoms with Crippen molar-refractivity contribution in [1.82, 2.24) is 4.90 Å². The van der Waals surface area contributed by atoms with Gasteiger partial charge in [-0.3, -0.25) is 4.79 Å². The fourth-order valence-corrected chi connectivity index (χ4v) is 1.85. The summed E-state index contributed by atoms with van der Waals surface area (Å²) in [6, 6.07) is 6.31. The second-order valence-corrected chi connectivity index (χ2v) is 4.61. The molecule has 1 aliphatic rings. The molecule has 5 heteroatoms. The van der Waals surface area contributed by atoms with E-state index in [1.54, 1.807) is 11.0 Å². The lowest BCUT2D eigenvalue weighted by Crippen LogP contribution is -2.45. The Hall–Kier alpha value is -1.13. The molecule has 0 saturated heterocycles. The van der Waals surface area contributed by atoms with Crippen molar-refractivity contribution in [3.63, 3.8) is 0 Å². The second-order valence-electron chi connectivity index (χ2n) is 4.61. The first-order valence-corrected chi connectivity index (χ1v) is 5.88. The lowest BCUT2D eigenvalue weighted by atomic mass is 10.1. The fourth-order valence-electron chi connectivity index (χ4n) is 1.85. The van der Waals surface area contributed by atoms with Gasteiger partial charge in [0, 0.05) is 13.1 Å². The van der Waals surface area contributed by atoms with Crippen LogP contribution in [0.1, 0.15) is 25.3 Å². The van der Waals surface area contributed by atoms with Gasteiger partial charge in [0.05, 0.1) is 5.54 Å². The quantitative estimate of drug-likeness (QED) is 0.912. The number of rotatable bonds is 4. The summed E-state index contributed by atoms with van der Waals surface area (Å²) in [7, 11) is 0. The molecule has 1 fully saturated rings. The van der Waals surface area contributed by atoms with Crippen molar-refractivity contribution in [3.05, 3.63) is 35.6 Å². The molecule has 0 spiro atoms. The van der Waals surface area contributed by atoms with Gasteiger partial charge in [0.1, 0.15) is 5.82 Å². The number of amides is 1. The van der Waals surface area contributed by atoms with E-state index in [1.165, 1.54) is 12.1 Å². The summed E-state index contributed by atoms with van der Waals surface area (Å²) in [5.74, 6) is -0.302. The number of carbonyl (C=O) groups excluding carboxylic acids is 1. The minimum absolute atomic E-state index is 0. The maximum Gasteiger partial charge on any atom is 0.242 e. The molecule has 18 heavy (non-hydrogen) atoms. The number of benzene rings is 1. The summed E-state index contributed by atoms with van der Waals surface area (Å²) < 4.78 is 13.0. The van der Waals surface area contributed by atoms with E-state index in [0.717, 1.165) is 18.4 Å². The molecule has 1 aromatic rings. The molecule has 0 radical (unpaired) electrons. The fraction of sp³-hybridized carbons (Fsp3) is 0.462. The van der Waals surface area contributed by atoms with Crippen LogP contribution in [-0.4, -0.2) is 22.9 Å². The minimum atomic E-state index is -0.649. The molecule has 0 heterocycles. The highest BCUT2D eigenvalue weighted by atomic mass is 35.5. The van der Waals surface area contributed by atoms with Crippen LogP contribution in [0.15, 0.2) is 24.3 Å². The zero-order valence-electron chi connectivity index (χ0n) is 10.4. The molecule has 0 bridgehead atoms. The maximum absolute atomic E-state index is 13.0. The zero-order valence-corrected chi connectivity index (χ0v) is 11.2. The van der Waals surface area contributed by atoms with Crippen LogP contribution in [0.4, 0.5) is 4.39 Å². The zero-order chi connectivity index (χ0) is 12.5. The molecule has 0 aromatic heterocycles. The second kappa shape index (κ2) is 5.67. The van der Waals surface area contributed by atoms with Crippen LogP contribution in [0.3, 0.4) is 0 Å². The van der Waals surface area contributed by atoms with Crippen LogP contribution in [0.5, 0.6) is 0 Å². The van der Waals surface area contributed by atoms with Crippen molar-refractivity contribution >= 4 is 18.3 Å². The van der Waals surface area contributed by atoms with E-state index in [-0.39, 0.29) is 24.1 Å². The van der Waals surface area contributed by atoms with Gasteiger partial charge in [-0.1, -0.05) is 12.1 Å². The van der Waals surface area contributed by atoms with E-state index in [0.29, 0.717) is 13.1 Å². The monoisotopic (exact) mass is 272 g/mol. The van der Waals surface area contributed by atoms with Gasteiger partial charge >= 0.3 is 0 Å². The summed E-state index contributed by atoms with van der Waals surface area (Å²) >= 11 is 0. The first-order chi connectivity index (χ1) is 8.05. The van der Waals surface area contributed by atoms with E-state index < -0.39 is 5.54 Å². The average Bonchev–Trinajstić information content (AvgIpc) is 3.05. The normalized spacial score (nSPS) is 15.7. The number of carbonyl (C=O) groups is 1. The SMILES string of the molecule is CCN(Cc1cccc(F)c1)C(=O)C1(N)CC1.Cl. The van der Waals surface area contributed by atoms with E-state index in [2.05, 4.69) is 0 Å². The van der Waals surface area contributed by atoms with Crippen LogP contribution in [0.2, 0.25) is 0 Å². The predicted molar refractivity (Wildman–Crippen MR) is 70.9 cm³/mol. The Bertz CT molecular complexity index is 435. The first-order valence-electron chi connectivity index (χ1n) is 5.88. The third-order valence-electron chi connectivity index (χ3n) is 3.15.